The predicted molar refractivity (Wildman–Crippen MR) is 156 cm³/mol. The molecular formula is C36H24S. The number of hydrogen-bond donors (Lipinski definition) is 0. The average molecular weight is 489 g/mol. The van der Waals surface area contributed by atoms with Gasteiger partial charge in [0.1, 0.15) is 0 Å². The summed E-state index contributed by atoms with van der Waals surface area (Å²) in [6.45, 7) is 2.39. The van der Waals surface area contributed by atoms with E-state index in [1.807, 2.05) is 11.8 Å². The molecule has 1 heteroatoms. The highest BCUT2D eigenvalue weighted by Gasteiger charge is 2.40. The minimum absolute atomic E-state index is 0.190. The van der Waals surface area contributed by atoms with Crippen LogP contribution < -0.4 is 0 Å². The third-order valence-corrected chi connectivity index (χ3v) is 9.47. The van der Waals surface area contributed by atoms with E-state index >= 15 is 0 Å². The van der Waals surface area contributed by atoms with Gasteiger partial charge in [-0.1, -0.05) is 109 Å². The van der Waals surface area contributed by atoms with Crippen LogP contribution in [-0.4, -0.2) is 0 Å². The first-order chi connectivity index (χ1) is 18.2. The molecule has 0 radical (unpaired) electrons. The lowest BCUT2D eigenvalue weighted by molar-refractivity contribution is 0.714. The molecule has 0 saturated carbocycles. The standard InChI is InChI=1S/C36H24S/c1-36(26-11-3-2-4-12-26)31-15-7-5-13-27(31)28-19-18-23(22-32(28)36)25-20-24-10-9-17-34-35(24)30(21-25)29-14-6-8-16-33(29)37-34/h2-22H,1H3. The molecule has 0 fully saturated rings. The SMILES string of the molecule is CC1(c2ccccc2)c2ccccc2-c2ccc(-c3cc4c5c(cccc5c3)Sc3ccccc3-4)cc21. The van der Waals surface area contributed by atoms with Crippen molar-refractivity contribution in [3.63, 3.8) is 0 Å². The molecule has 1 aliphatic carbocycles. The van der Waals surface area contributed by atoms with Crippen LogP contribution in [0, 0.1) is 0 Å². The molecule has 0 spiro atoms. The minimum atomic E-state index is -0.190. The predicted octanol–water partition coefficient (Wildman–Crippen LogP) is 9.97. The molecule has 1 heterocycles. The maximum Gasteiger partial charge on any atom is 0.0435 e. The van der Waals surface area contributed by atoms with Gasteiger partial charge in [-0.3, -0.25) is 0 Å². The largest absolute Gasteiger partial charge is 0.0888 e. The second-order valence-electron chi connectivity index (χ2n) is 10.3. The summed E-state index contributed by atoms with van der Waals surface area (Å²) in [5, 5.41) is 2.68. The Hall–Kier alpha value is -4.07. The molecule has 37 heavy (non-hydrogen) atoms. The lowest BCUT2D eigenvalue weighted by Crippen LogP contribution is -2.22. The van der Waals surface area contributed by atoms with Crippen molar-refractivity contribution in [1.82, 2.24) is 0 Å². The Labute approximate surface area is 221 Å². The van der Waals surface area contributed by atoms with Crippen LogP contribution in [0.1, 0.15) is 23.6 Å². The fourth-order valence-electron chi connectivity index (χ4n) is 6.51. The minimum Gasteiger partial charge on any atom is -0.0888 e. The maximum absolute atomic E-state index is 2.45. The monoisotopic (exact) mass is 488 g/mol. The zero-order valence-electron chi connectivity index (χ0n) is 20.5. The number of benzene rings is 6. The molecule has 6 aromatic carbocycles. The van der Waals surface area contributed by atoms with Crippen LogP contribution >= 0.6 is 11.8 Å². The lowest BCUT2D eigenvalue weighted by Gasteiger charge is -2.28. The third kappa shape index (κ3) is 2.92. The smallest absolute Gasteiger partial charge is 0.0435 e. The van der Waals surface area contributed by atoms with Crippen LogP contribution in [-0.2, 0) is 5.41 Å². The van der Waals surface area contributed by atoms with Gasteiger partial charge in [-0.05, 0) is 92.7 Å². The molecule has 1 atom stereocenters. The molecule has 0 aromatic heterocycles. The van der Waals surface area contributed by atoms with E-state index in [9.17, 15) is 0 Å². The van der Waals surface area contributed by atoms with Gasteiger partial charge in [0.15, 0.2) is 0 Å². The van der Waals surface area contributed by atoms with Crippen molar-refractivity contribution in [3.8, 4) is 33.4 Å². The molecule has 8 rings (SSSR count). The topological polar surface area (TPSA) is 0 Å². The van der Waals surface area contributed by atoms with Crippen LogP contribution in [0.5, 0.6) is 0 Å². The second kappa shape index (κ2) is 7.71. The molecule has 0 N–H and O–H groups in total. The Kier molecular flexibility index (Phi) is 4.39. The highest BCUT2D eigenvalue weighted by Crippen LogP contribution is 2.54. The molecular weight excluding hydrogens is 464 g/mol. The van der Waals surface area contributed by atoms with Crippen molar-refractivity contribution in [2.75, 3.05) is 0 Å². The Morgan fingerprint density at radius 3 is 2.11 bits per heavy atom. The summed E-state index contributed by atoms with van der Waals surface area (Å²) in [6, 6.07) is 47.3. The van der Waals surface area contributed by atoms with E-state index in [1.165, 1.54) is 70.6 Å². The summed E-state index contributed by atoms with van der Waals surface area (Å²) >= 11 is 1.88. The third-order valence-electron chi connectivity index (χ3n) is 8.33. The van der Waals surface area contributed by atoms with Gasteiger partial charge in [0, 0.05) is 20.6 Å². The van der Waals surface area contributed by atoms with E-state index in [4.69, 9.17) is 0 Å². The summed E-state index contributed by atoms with van der Waals surface area (Å²) in [6.07, 6.45) is 0. The average Bonchev–Trinajstić information content (AvgIpc) is 3.22. The molecule has 1 unspecified atom stereocenters. The summed E-state index contributed by atoms with van der Waals surface area (Å²) in [4.78, 5) is 2.68. The second-order valence-corrected chi connectivity index (χ2v) is 11.4. The van der Waals surface area contributed by atoms with Crippen LogP contribution in [0.15, 0.2) is 137 Å². The van der Waals surface area contributed by atoms with E-state index < -0.39 is 0 Å². The zero-order valence-corrected chi connectivity index (χ0v) is 21.3. The van der Waals surface area contributed by atoms with Crippen molar-refractivity contribution in [1.29, 1.82) is 0 Å². The summed E-state index contributed by atoms with van der Waals surface area (Å²) in [5.41, 5.74) is 11.8. The number of hydrogen-bond acceptors (Lipinski definition) is 1. The van der Waals surface area contributed by atoms with Crippen LogP contribution in [0.3, 0.4) is 0 Å². The van der Waals surface area contributed by atoms with Gasteiger partial charge in [0.25, 0.3) is 0 Å². The molecule has 0 bridgehead atoms. The number of fused-ring (bicyclic) bond motifs is 5. The normalized spacial score (nSPS) is 16.8. The van der Waals surface area contributed by atoms with Crippen LogP contribution in [0.2, 0.25) is 0 Å². The van der Waals surface area contributed by atoms with Gasteiger partial charge in [-0.25, -0.2) is 0 Å². The molecule has 174 valence electrons. The first-order valence-corrected chi connectivity index (χ1v) is 13.7. The highest BCUT2D eigenvalue weighted by atomic mass is 32.2. The molecule has 2 aliphatic rings. The van der Waals surface area contributed by atoms with Gasteiger partial charge >= 0.3 is 0 Å². The molecule has 1 aliphatic heterocycles. The quantitative estimate of drug-likeness (QED) is 0.233. The summed E-state index contributed by atoms with van der Waals surface area (Å²) in [5.74, 6) is 0. The van der Waals surface area contributed by atoms with Crippen LogP contribution in [0.25, 0.3) is 44.2 Å². The Balaban J connectivity index is 1.38. The lowest BCUT2D eigenvalue weighted by atomic mass is 9.74. The highest BCUT2D eigenvalue weighted by molar-refractivity contribution is 7.99. The summed E-state index contributed by atoms with van der Waals surface area (Å²) in [7, 11) is 0. The Bertz CT molecular complexity index is 1860. The molecule has 0 nitrogen and oxygen atoms in total. The number of rotatable bonds is 2. The van der Waals surface area contributed by atoms with Crippen LogP contribution in [0.4, 0.5) is 0 Å². The fourth-order valence-corrected chi connectivity index (χ4v) is 7.66. The first kappa shape index (κ1) is 21.1. The molecule has 6 aromatic rings. The van der Waals surface area contributed by atoms with Crippen molar-refractivity contribution >= 4 is 22.5 Å². The van der Waals surface area contributed by atoms with Crippen molar-refractivity contribution in [2.24, 2.45) is 0 Å². The van der Waals surface area contributed by atoms with E-state index in [2.05, 4.69) is 134 Å². The molecule has 0 saturated heterocycles. The van der Waals surface area contributed by atoms with Gasteiger partial charge in [-0.15, -0.1) is 0 Å². The van der Waals surface area contributed by atoms with E-state index in [1.54, 1.807) is 0 Å². The Morgan fingerprint density at radius 2 is 1.22 bits per heavy atom. The van der Waals surface area contributed by atoms with Gasteiger partial charge in [0.2, 0.25) is 0 Å². The van der Waals surface area contributed by atoms with Crippen molar-refractivity contribution in [2.45, 2.75) is 22.1 Å². The zero-order chi connectivity index (χ0) is 24.6. The molecule has 0 amide bonds. The van der Waals surface area contributed by atoms with E-state index in [0.717, 1.165) is 0 Å². The first-order valence-electron chi connectivity index (χ1n) is 12.9. The van der Waals surface area contributed by atoms with E-state index in [0.29, 0.717) is 0 Å². The van der Waals surface area contributed by atoms with Gasteiger partial charge in [-0.2, -0.15) is 0 Å². The maximum atomic E-state index is 2.45. The van der Waals surface area contributed by atoms with Gasteiger partial charge in [0.05, 0.1) is 0 Å². The summed E-state index contributed by atoms with van der Waals surface area (Å²) < 4.78 is 0. The fraction of sp³-hybridized carbons (Fsp3) is 0.0556. The van der Waals surface area contributed by atoms with Crippen molar-refractivity contribution in [3.05, 3.63) is 144 Å². The van der Waals surface area contributed by atoms with E-state index in [-0.39, 0.29) is 5.41 Å². The van der Waals surface area contributed by atoms with Gasteiger partial charge < -0.3 is 0 Å². The Morgan fingerprint density at radius 1 is 0.486 bits per heavy atom. The van der Waals surface area contributed by atoms with Crippen molar-refractivity contribution < 1.29 is 0 Å².